The summed E-state index contributed by atoms with van der Waals surface area (Å²) in [4.78, 5) is 2.98. The highest BCUT2D eigenvalue weighted by Crippen LogP contribution is 2.37. The first-order valence-electron chi connectivity index (χ1n) is 6.66. The second-order valence-electron chi connectivity index (χ2n) is 5.69. The zero-order chi connectivity index (χ0) is 13.5. The molecule has 0 aliphatic heterocycles. The van der Waals surface area contributed by atoms with E-state index in [1.165, 1.54) is 18.4 Å². The molecule has 0 rings (SSSR count). The van der Waals surface area contributed by atoms with Crippen LogP contribution in [0.5, 0.6) is 0 Å². The maximum Gasteiger partial charge on any atom is 0.140 e. The molecule has 0 aromatic carbocycles. The van der Waals surface area contributed by atoms with Crippen molar-refractivity contribution in [3.05, 3.63) is 24.8 Å². The highest BCUT2D eigenvalue weighted by Gasteiger charge is 2.28. The van der Waals surface area contributed by atoms with Crippen LogP contribution in [-0.2, 0) is 0 Å². The highest BCUT2D eigenvalue weighted by molar-refractivity contribution is 5.12. The maximum absolute atomic E-state index is 4.03. The van der Waals surface area contributed by atoms with Crippen molar-refractivity contribution < 1.29 is 4.99 Å². The number of hydrogen-bond donors (Lipinski definition) is 1. The fraction of sp³-hybridized carbons (Fsp3) is 0.688. The Bertz CT molecular complexity index is 267. The first-order chi connectivity index (χ1) is 7.87. The Kier molecular flexibility index (Phi) is 7.10. The van der Waals surface area contributed by atoms with E-state index in [4.69, 9.17) is 0 Å². The average Bonchev–Trinajstić information content (AvgIpc) is 2.32. The Morgan fingerprint density at radius 2 is 1.94 bits per heavy atom. The summed E-state index contributed by atoms with van der Waals surface area (Å²) in [7, 11) is 0. The third-order valence-corrected chi connectivity index (χ3v) is 4.30. The van der Waals surface area contributed by atoms with Gasteiger partial charge in [-0.15, -0.1) is 6.58 Å². The molecular formula is C16H30N+. The molecule has 0 spiro atoms. The van der Waals surface area contributed by atoms with Crippen LogP contribution in [0.1, 0.15) is 47.0 Å². The van der Waals surface area contributed by atoms with Gasteiger partial charge in [-0.1, -0.05) is 39.0 Å². The monoisotopic (exact) mass is 236 g/mol. The predicted molar refractivity (Wildman–Crippen MR) is 78.2 cm³/mol. The zero-order valence-electron chi connectivity index (χ0n) is 12.2. The number of rotatable bonds is 9. The lowest BCUT2D eigenvalue weighted by molar-refractivity contribution is -0.449. The molecule has 1 N–H and O–H groups in total. The van der Waals surface area contributed by atoms with E-state index in [9.17, 15) is 0 Å². The normalized spacial score (nSPS) is 17.9. The Morgan fingerprint density at radius 3 is 2.35 bits per heavy atom. The molecule has 1 heteroatoms. The quantitative estimate of drug-likeness (QED) is 0.467. The van der Waals surface area contributed by atoms with Crippen LogP contribution < -0.4 is 4.99 Å². The van der Waals surface area contributed by atoms with Crippen LogP contribution in [0.15, 0.2) is 24.8 Å². The zero-order valence-corrected chi connectivity index (χ0v) is 12.2. The van der Waals surface area contributed by atoms with Gasteiger partial charge in [0.25, 0.3) is 0 Å². The third kappa shape index (κ3) is 5.34. The minimum Gasteiger partial charge on any atom is -0.254 e. The minimum absolute atomic E-state index is 0.223. The molecule has 1 nitrogen and oxygen atoms in total. The summed E-state index contributed by atoms with van der Waals surface area (Å²) < 4.78 is 0. The fourth-order valence-corrected chi connectivity index (χ4v) is 1.97. The van der Waals surface area contributed by atoms with Gasteiger partial charge in [-0.05, 0) is 37.0 Å². The molecule has 0 aromatic heterocycles. The molecule has 0 aliphatic rings. The van der Waals surface area contributed by atoms with Gasteiger partial charge < -0.3 is 0 Å². The van der Waals surface area contributed by atoms with Crippen molar-refractivity contribution in [3.63, 3.8) is 0 Å². The van der Waals surface area contributed by atoms with Crippen molar-refractivity contribution in [1.82, 2.24) is 0 Å². The molecule has 0 amide bonds. The fourth-order valence-electron chi connectivity index (χ4n) is 1.97. The smallest absolute Gasteiger partial charge is 0.140 e. The van der Waals surface area contributed by atoms with E-state index in [1.54, 1.807) is 0 Å². The summed E-state index contributed by atoms with van der Waals surface area (Å²) in [5.74, 6) is 1.24. The summed E-state index contributed by atoms with van der Waals surface area (Å²) >= 11 is 0. The minimum atomic E-state index is 0.223. The van der Waals surface area contributed by atoms with Crippen LogP contribution in [0.3, 0.4) is 0 Å². The number of nitrogens with one attached hydrogen (secondary N) is 1. The SMILES string of the molecule is C=CC(C)(CCC(C)C(=C)C)[C@@H](C)CC[NH+]=C. The predicted octanol–water partition coefficient (Wildman–Crippen LogP) is 2.98. The molecule has 0 aliphatic carbocycles. The number of allylic oxidation sites excluding steroid dienone is 2. The van der Waals surface area contributed by atoms with Crippen molar-refractivity contribution in [2.45, 2.75) is 47.0 Å². The van der Waals surface area contributed by atoms with Crippen molar-refractivity contribution in [2.24, 2.45) is 17.3 Å². The molecular weight excluding hydrogens is 206 g/mol. The van der Waals surface area contributed by atoms with Crippen LogP contribution in [0, 0.1) is 17.3 Å². The van der Waals surface area contributed by atoms with E-state index in [0.29, 0.717) is 11.8 Å². The Morgan fingerprint density at radius 1 is 1.35 bits per heavy atom. The maximum atomic E-state index is 4.03. The highest BCUT2D eigenvalue weighted by atomic mass is 14.7. The van der Waals surface area contributed by atoms with Gasteiger partial charge in [-0.25, -0.2) is 0 Å². The molecule has 3 atom stereocenters. The van der Waals surface area contributed by atoms with Crippen molar-refractivity contribution in [3.8, 4) is 0 Å². The molecule has 98 valence electrons. The van der Waals surface area contributed by atoms with Gasteiger partial charge in [0.15, 0.2) is 0 Å². The van der Waals surface area contributed by atoms with E-state index in [1.807, 2.05) is 0 Å². The van der Waals surface area contributed by atoms with Crippen molar-refractivity contribution in [1.29, 1.82) is 0 Å². The van der Waals surface area contributed by atoms with Gasteiger partial charge in [-0.2, -0.15) is 0 Å². The van der Waals surface area contributed by atoms with E-state index in [0.717, 1.165) is 13.0 Å². The van der Waals surface area contributed by atoms with Gasteiger partial charge in [0.2, 0.25) is 0 Å². The molecule has 0 radical (unpaired) electrons. The van der Waals surface area contributed by atoms with E-state index in [2.05, 4.69) is 58.6 Å². The summed E-state index contributed by atoms with van der Waals surface area (Å²) in [6, 6.07) is 0. The van der Waals surface area contributed by atoms with Crippen molar-refractivity contribution in [2.75, 3.05) is 6.54 Å². The second kappa shape index (κ2) is 7.47. The van der Waals surface area contributed by atoms with Crippen LogP contribution in [0.4, 0.5) is 0 Å². The summed E-state index contributed by atoms with van der Waals surface area (Å²) in [6.07, 6.45) is 5.65. The van der Waals surface area contributed by atoms with Gasteiger partial charge >= 0.3 is 0 Å². The molecule has 17 heavy (non-hydrogen) atoms. The summed E-state index contributed by atoms with van der Waals surface area (Å²) in [5, 5.41) is 0. The lowest BCUT2D eigenvalue weighted by Gasteiger charge is -2.33. The molecule has 0 fully saturated rings. The Hall–Kier alpha value is -0.850. The molecule has 0 bridgehead atoms. The van der Waals surface area contributed by atoms with Gasteiger partial charge in [0, 0.05) is 6.42 Å². The lowest BCUT2D eigenvalue weighted by atomic mass is 9.72. The van der Waals surface area contributed by atoms with Crippen LogP contribution in [0.2, 0.25) is 0 Å². The molecule has 2 unspecified atom stereocenters. The van der Waals surface area contributed by atoms with Gasteiger partial charge in [0.05, 0.1) is 0 Å². The summed E-state index contributed by atoms with van der Waals surface area (Å²) in [5.41, 5.74) is 1.50. The molecule has 0 aromatic rings. The van der Waals surface area contributed by atoms with Crippen LogP contribution in [0.25, 0.3) is 0 Å². The average molecular weight is 236 g/mol. The third-order valence-electron chi connectivity index (χ3n) is 4.30. The largest absolute Gasteiger partial charge is 0.254 e. The second-order valence-corrected chi connectivity index (χ2v) is 5.69. The van der Waals surface area contributed by atoms with E-state index in [-0.39, 0.29) is 5.41 Å². The standard InChI is InChI=1S/C16H29N/c1-8-16(6,15(5)10-12-17-7)11-9-14(4)13(2)3/h8,14-15H,1-2,7,9-12H2,3-6H3/p+1/t14?,15-,16?/m0/s1. The lowest BCUT2D eigenvalue weighted by Crippen LogP contribution is -2.66. The Balaban J connectivity index is 4.40. The molecule has 0 heterocycles. The van der Waals surface area contributed by atoms with E-state index >= 15 is 0 Å². The van der Waals surface area contributed by atoms with E-state index < -0.39 is 0 Å². The summed E-state index contributed by atoms with van der Waals surface area (Å²) in [6.45, 7) is 21.7. The first-order valence-corrected chi connectivity index (χ1v) is 6.66. The number of hydrogen-bond acceptors (Lipinski definition) is 0. The van der Waals surface area contributed by atoms with Gasteiger partial charge in [0.1, 0.15) is 13.3 Å². The Labute approximate surface area is 108 Å². The molecule has 0 saturated heterocycles. The van der Waals surface area contributed by atoms with Crippen molar-refractivity contribution >= 4 is 6.72 Å². The topological polar surface area (TPSA) is 14.0 Å². The van der Waals surface area contributed by atoms with Gasteiger partial charge in [-0.3, -0.25) is 4.99 Å². The molecule has 0 saturated carbocycles. The van der Waals surface area contributed by atoms with Crippen LogP contribution in [-0.4, -0.2) is 13.3 Å². The first kappa shape index (κ1) is 16.1. The van der Waals surface area contributed by atoms with Crippen LogP contribution >= 0.6 is 0 Å².